The fraction of sp³-hybridized carbons (Fsp3) is 0.350. The summed E-state index contributed by atoms with van der Waals surface area (Å²) in [6.45, 7) is 4.05. The number of rotatable bonds is 4. The van der Waals surface area contributed by atoms with Gasteiger partial charge in [-0.05, 0) is 24.6 Å². The predicted molar refractivity (Wildman–Crippen MR) is 101 cm³/mol. The molecule has 1 atom stereocenters. The number of ether oxygens (including phenoxy) is 2. The van der Waals surface area contributed by atoms with Gasteiger partial charge in [-0.2, -0.15) is 0 Å². The lowest BCUT2D eigenvalue weighted by Gasteiger charge is -2.40. The van der Waals surface area contributed by atoms with E-state index in [0.29, 0.717) is 25.2 Å². The van der Waals surface area contributed by atoms with Crippen LogP contribution in [0.5, 0.6) is 0 Å². The first kappa shape index (κ1) is 18.7. The number of hydrogen-bond donors (Lipinski definition) is 0. The number of amides is 1. The molecule has 1 fully saturated rings. The molecule has 142 valence electrons. The van der Waals surface area contributed by atoms with Crippen LogP contribution in [0.4, 0.5) is 10.6 Å². The largest absolute Gasteiger partial charge is 0.465 e. The van der Waals surface area contributed by atoms with Gasteiger partial charge in [0.1, 0.15) is 12.4 Å². The molecule has 1 aliphatic rings. The van der Waals surface area contributed by atoms with Gasteiger partial charge in [-0.3, -0.25) is 0 Å². The molecule has 27 heavy (non-hydrogen) atoms. The minimum atomic E-state index is -0.409. The van der Waals surface area contributed by atoms with Crippen molar-refractivity contribution in [3.63, 3.8) is 0 Å². The third-order valence-electron chi connectivity index (χ3n) is 4.55. The summed E-state index contributed by atoms with van der Waals surface area (Å²) in [7, 11) is 1.34. The average molecular weight is 369 g/mol. The van der Waals surface area contributed by atoms with Crippen molar-refractivity contribution in [1.29, 1.82) is 0 Å². The third-order valence-corrected chi connectivity index (χ3v) is 4.55. The molecule has 7 nitrogen and oxygen atoms in total. The van der Waals surface area contributed by atoms with Gasteiger partial charge in [0.05, 0.1) is 12.7 Å². The van der Waals surface area contributed by atoms with Crippen LogP contribution < -0.4 is 4.90 Å². The summed E-state index contributed by atoms with van der Waals surface area (Å²) in [4.78, 5) is 32.0. The molecule has 1 aliphatic heterocycles. The molecule has 0 saturated carbocycles. The van der Waals surface area contributed by atoms with E-state index in [4.69, 9.17) is 4.74 Å². The number of piperazine rings is 1. The molecule has 0 aliphatic carbocycles. The first-order chi connectivity index (χ1) is 13.1. The normalized spacial score (nSPS) is 16.7. The Balaban J connectivity index is 1.55. The lowest BCUT2D eigenvalue weighted by atomic mass is 10.2. The second-order valence-electron chi connectivity index (χ2n) is 6.43. The lowest BCUT2D eigenvalue weighted by molar-refractivity contribution is 0.0600. The van der Waals surface area contributed by atoms with Crippen molar-refractivity contribution in [3.8, 4) is 0 Å². The van der Waals surface area contributed by atoms with E-state index in [2.05, 4.69) is 14.6 Å². The van der Waals surface area contributed by atoms with Gasteiger partial charge >= 0.3 is 12.1 Å². The molecule has 0 N–H and O–H groups in total. The zero-order chi connectivity index (χ0) is 19.2. The number of benzene rings is 1. The maximum Gasteiger partial charge on any atom is 0.410 e. The number of pyridine rings is 1. The number of anilines is 1. The number of carbonyl (C=O) groups is 2. The summed E-state index contributed by atoms with van der Waals surface area (Å²) >= 11 is 0. The van der Waals surface area contributed by atoms with E-state index in [1.165, 1.54) is 13.3 Å². The fourth-order valence-electron chi connectivity index (χ4n) is 3.07. The zero-order valence-electron chi connectivity index (χ0n) is 15.5. The van der Waals surface area contributed by atoms with Gasteiger partial charge < -0.3 is 19.3 Å². The molecule has 7 heteroatoms. The van der Waals surface area contributed by atoms with Crippen LogP contribution in [-0.2, 0) is 16.1 Å². The molecule has 1 saturated heterocycles. The molecular formula is C20H23N3O4. The van der Waals surface area contributed by atoms with Crippen molar-refractivity contribution in [1.82, 2.24) is 9.88 Å². The highest BCUT2D eigenvalue weighted by atomic mass is 16.6. The Morgan fingerprint density at radius 1 is 1.15 bits per heavy atom. The standard InChI is InChI=1S/C20H23N3O4/c1-15-13-22(20(25)27-14-16-6-4-3-5-7-16)10-11-23(15)18-9-8-17(12-21-18)19(24)26-2/h3-9,12,15H,10-11,13-14H2,1-2H3. The predicted octanol–water partition coefficient (Wildman–Crippen LogP) is 2.72. The minimum absolute atomic E-state index is 0.0829. The summed E-state index contributed by atoms with van der Waals surface area (Å²) in [5.41, 5.74) is 1.38. The van der Waals surface area contributed by atoms with Crippen molar-refractivity contribution >= 4 is 17.9 Å². The van der Waals surface area contributed by atoms with Crippen molar-refractivity contribution in [3.05, 3.63) is 59.8 Å². The first-order valence-electron chi connectivity index (χ1n) is 8.85. The molecule has 1 aromatic heterocycles. The van der Waals surface area contributed by atoms with Crippen LogP contribution in [0, 0.1) is 0 Å². The number of aromatic nitrogens is 1. The first-order valence-corrected chi connectivity index (χ1v) is 8.85. The maximum absolute atomic E-state index is 12.3. The van der Waals surface area contributed by atoms with Crippen molar-refractivity contribution in [2.75, 3.05) is 31.6 Å². The topological polar surface area (TPSA) is 72.0 Å². The van der Waals surface area contributed by atoms with Crippen molar-refractivity contribution < 1.29 is 19.1 Å². The number of nitrogens with zero attached hydrogens (tertiary/aromatic N) is 3. The van der Waals surface area contributed by atoms with Gasteiger partial charge in [0.25, 0.3) is 0 Å². The zero-order valence-corrected chi connectivity index (χ0v) is 15.5. The van der Waals surface area contributed by atoms with E-state index < -0.39 is 5.97 Å². The lowest BCUT2D eigenvalue weighted by Crippen LogP contribution is -2.54. The monoisotopic (exact) mass is 369 g/mol. The van der Waals surface area contributed by atoms with Crippen LogP contribution in [0.25, 0.3) is 0 Å². The molecule has 1 unspecified atom stereocenters. The second-order valence-corrected chi connectivity index (χ2v) is 6.43. The van der Waals surface area contributed by atoms with Crippen molar-refractivity contribution in [2.45, 2.75) is 19.6 Å². The average Bonchev–Trinajstić information content (AvgIpc) is 2.72. The van der Waals surface area contributed by atoms with Crippen LogP contribution in [0.1, 0.15) is 22.8 Å². The highest BCUT2D eigenvalue weighted by Gasteiger charge is 2.28. The molecule has 3 rings (SSSR count). The van der Waals surface area contributed by atoms with Gasteiger partial charge in [-0.25, -0.2) is 14.6 Å². The summed E-state index contributed by atoms with van der Waals surface area (Å²) in [6, 6.07) is 13.2. The van der Waals surface area contributed by atoms with Gasteiger partial charge in [-0.15, -0.1) is 0 Å². The Hall–Kier alpha value is -3.09. The van der Waals surface area contributed by atoms with E-state index in [9.17, 15) is 9.59 Å². The van der Waals surface area contributed by atoms with Crippen LogP contribution in [0.3, 0.4) is 0 Å². The number of methoxy groups -OCH3 is 1. The van der Waals surface area contributed by atoms with E-state index >= 15 is 0 Å². The van der Waals surface area contributed by atoms with Crippen LogP contribution in [0.2, 0.25) is 0 Å². The smallest absolute Gasteiger partial charge is 0.410 e. The Bertz CT molecular complexity index is 780. The van der Waals surface area contributed by atoms with Crippen LogP contribution in [-0.4, -0.2) is 54.7 Å². The molecule has 0 radical (unpaired) electrons. The van der Waals surface area contributed by atoms with Crippen LogP contribution in [0.15, 0.2) is 48.7 Å². The quantitative estimate of drug-likeness (QED) is 0.772. The summed E-state index contributed by atoms with van der Waals surface area (Å²) in [5.74, 6) is 0.362. The van der Waals surface area contributed by atoms with E-state index in [0.717, 1.165) is 11.4 Å². The van der Waals surface area contributed by atoms with E-state index in [1.807, 2.05) is 37.3 Å². The third kappa shape index (κ3) is 4.55. The van der Waals surface area contributed by atoms with E-state index in [1.54, 1.807) is 17.0 Å². The molecule has 1 aromatic carbocycles. The van der Waals surface area contributed by atoms with Crippen molar-refractivity contribution in [2.24, 2.45) is 0 Å². The molecule has 1 amide bonds. The minimum Gasteiger partial charge on any atom is -0.465 e. The highest BCUT2D eigenvalue weighted by Crippen LogP contribution is 2.19. The fourth-order valence-corrected chi connectivity index (χ4v) is 3.07. The Kier molecular flexibility index (Phi) is 5.90. The molecule has 0 spiro atoms. The second kappa shape index (κ2) is 8.53. The number of hydrogen-bond acceptors (Lipinski definition) is 6. The Morgan fingerprint density at radius 3 is 2.56 bits per heavy atom. The number of carbonyl (C=O) groups excluding carboxylic acids is 2. The summed E-state index contributed by atoms with van der Waals surface area (Å²) < 4.78 is 10.1. The molecule has 0 bridgehead atoms. The van der Waals surface area contributed by atoms with Gasteiger partial charge in [0.2, 0.25) is 0 Å². The Morgan fingerprint density at radius 2 is 1.93 bits per heavy atom. The SMILES string of the molecule is COC(=O)c1ccc(N2CCN(C(=O)OCc3ccccc3)CC2C)nc1. The summed E-state index contributed by atoms with van der Waals surface area (Å²) in [5, 5.41) is 0. The van der Waals surface area contributed by atoms with Crippen LogP contribution >= 0.6 is 0 Å². The van der Waals surface area contributed by atoms with Gasteiger partial charge in [0, 0.05) is 31.9 Å². The highest BCUT2D eigenvalue weighted by molar-refractivity contribution is 5.89. The Labute approximate surface area is 158 Å². The maximum atomic E-state index is 12.3. The van der Waals surface area contributed by atoms with E-state index in [-0.39, 0.29) is 18.7 Å². The number of esters is 1. The molecule has 2 aromatic rings. The van der Waals surface area contributed by atoms with Gasteiger partial charge in [-0.1, -0.05) is 30.3 Å². The molecule has 2 heterocycles. The summed E-state index contributed by atoms with van der Waals surface area (Å²) in [6.07, 6.45) is 1.20. The molecular weight excluding hydrogens is 346 g/mol. The van der Waals surface area contributed by atoms with Gasteiger partial charge in [0.15, 0.2) is 0 Å².